The summed E-state index contributed by atoms with van der Waals surface area (Å²) in [5.41, 5.74) is -1.18. The first-order valence-corrected chi connectivity index (χ1v) is 16.0. The summed E-state index contributed by atoms with van der Waals surface area (Å²) in [6.07, 6.45) is 9.97. The molecule has 10 heteroatoms. The third kappa shape index (κ3) is 24.1. The minimum atomic E-state index is -1.03. The monoisotopic (exact) mass is 601 g/mol. The Bertz CT molecular complexity index is 750. The number of unbranched alkanes of at least 4 members (excludes halogenated alkanes) is 6. The van der Waals surface area contributed by atoms with E-state index in [0.29, 0.717) is 12.8 Å². The maximum Gasteiger partial charge on any atom is 0.408 e. The highest BCUT2D eigenvalue weighted by Gasteiger charge is 2.27. The van der Waals surface area contributed by atoms with Gasteiger partial charge in [0.2, 0.25) is 5.91 Å². The molecule has 42 heavy (non-hydrogen) atoms. The van der Waals surface area contributed by atoms with E-state index in [1.165, 1.54) is 0 Å². The molecule has 0 aliphatic carbocycles. The second-order valence-corrected chi connectivity index (χ2v) is 12.8. The fourth-order valence-electron chi connectivity index (χ4n) is 3.89. The second kappa shape index (κ2) is 23.0. The van der Waals surface area contributed by atoms with Crippen LogP contribution < -0.4 is 10.6 Å². The first kappa shape index (κ1) is 41.6. The van der Waals surface area contributed by atoms with E-state index in [0.717, 1.165) is 77.3 Å². The summed E-state index contributed by atoms with van der Waals surface area (Å²) >= 11 is 0. The van der Waals surface area contributed by atoms with Crippen LogP contribution in [0.3, 0.4) is 0 Å². The van der Waals surface area contributed by atoms with Gasteiger partial charge in [0, 0.05) is 13.1 Å². The Hall–Kier alpha value is -2.52. The van der Waals surface area contributed by atoms with E-state index in [4.69, 9.17) is 14.6 Å². The lowest BCUT2D eigenvalue weighted by Crippen LogP contribution is -2.50. The molecule has 3 N–H and O–H groups in total. The summed E-state index contributed by atoms with van der Waals surface area (Å²) < 4.78 is 10.3. The topological polar surface area (TPSA) is 134 Å². The molecule has 0 fully saturated rings. The quantitative estimate of drug-likeness (QED) is 0.139. The van der Waals surface area contributed by atoms with E-state index in [-0.39, 0.29) is 5.91 Å². The molecule has 0 spiro atoms. The molecule has 0 radical (unpaired) electrons. The van der Waals surface area contributed by atoms with Crippen molar-refractivity contribution in [3.05, 3.63) is 0 Å². The summed E-state index contributed by atoms with van der Waals surface area (Å²) in [6.45, 7) is 20.6. The molecule has 248 valence electrons. The van der Waals surface area contributed by atoms with Gasteiger partial charge < -0.3 is 30.1 Å². The van der Waals surface area contributed by atoms with Crippen molar-refractivity contribution in [1.82, 2.24) is 15.5 Å². The van der Waals surface area contributed by atoms with Crippen LogP contribution in [-0.4, -0.2) is 70.4 Å². The van der Waals surface area contributed by atoms with E-state index in [1.54, 1.807) is 20.8 Å². The van der Waals surface area contributed by atoms with E-state index in [9.17, 15) is 19.2 Å². The average molecular weight is 602 g/mol. The molecule has 0 aliphatic heterocycles. The summed E-state index contributed by atoms with van der Waals surface area (Å²) in [7, 11) is 0. The van der Waals surface area contributed by atoms with Crippen LogP contribution in [0.1, 0.15) is 146 Å². The van der Waals surface area contributed by atoms with Gasteiger partial charge in [-0.15, -0.1) is 0 Å². The van der Waals surface area contributed by atoms with Crippen molar-refractivity contribution < 1.29 is 33.8 Å². The van der Waals surface area contributed by atoms with Crippen LogP contribution in [0.5, 0.6) is 0 Å². The molecule has 0 aromatic heterocycles. The molecule has 0 aromatic rings. The van der Waals surface area contributed by atoms with E-state index < -0.39 is 41.4 Å². The van der Waals surface area contributed by atoms with Gasteiger partial charge in [0.05, 0.1) is 0 Å². The standard InChI is InChI=1S/C21H42N2O3.C11H21NO4/c1-7-10-13-16-23(17-14-11-8-2)19(24)18(15-12-9-3)22-20(25)26-21(4,5)6;1-5-6-7-8(9(13)14)12-10(15)16-11(2,3)4/h18H,7-17H2,1-6H3,(H,22,25);8H,5-7H2,1-4H3,(H,12,15)(H,13,14)/t18-;8-/m11/s1. The van der Waals surface area contributed by atoms with Crippen molar-refractivity contribution in [2.24, 2.45) is 0 Å². The highest BCUT2D eigenvalue weighted by molar-refractivity contribution is 5.85. The second-order valence-electron chi connectivity index (χ2n) is 12.8. The van der Waals surface area contributed by atoms with Gasteiger partial charge in [-0.3, -0.25) is 4.79 Å². The van der Waals surface area contributed by atoms with Crippen LogP contribution >= 0.6 is 0 Å². The summed E-state index contributed by atoms with van der Waals surface area (Å²) in [4.78, 5) is 49.4. The van der Waals surface area contributed by atoms with Crippen molar-refractivity contribution >= 4 is 24.1 Å². The first-order chi connectivity index (χ1) is 19.5. The van der Waals surface area contributed by atoms with Crippen LogP contribution in [0.15, 0.2) is 0 Å². The Balaban J connectivity index is 0. The van der Waals surface area contributed by atoms with Crippen LogP contribution in [0.25, 0.3) is 0 Å². The van der Waals surface area contributed by atoms with Crippen LogP contribution in [0.2, 0.25) is 0 Å². The number of hydrogen-bond donors (Lipinski definition) is 3. The number of carbonyl (C=O) groups is 4. The Kier molecular flexibility index (Phi) is 22.8. The number of aliphatic carboxylic acids is 1. The van der Waals surface area contributed by atoms with Gasteiger partial charge in [0.15, 0.2) is 0 Å². The number of amides is 3. The predicted molar refractivity (Wildman–Crippen MR) is 169 cm³/mol. The van der Waals surface area contributed by atoms with Crippen LogP contribution in [0, 0.1) is 0 Å². The van der Waals surface area contributed by atoms with Crippen molar-refractivity contribution in [3.8, 4) is 0 Å². The van der Waals surface area contributed by atoms with Gasteiger partial charge in [-0.1, -0.05) is 79.1 Å². The number of nitrogens with one attached hydrogen (secondary N) is 2. The minimum absolute atomic E-state index is 0.0384. The molecule has 3 amide bonds. The van der Waals surface area contributed by atoms with E-state index in [1.807, 2.05) is 32.6 Å². The zero-order valence-electron chi connectivity index (χ0n) is 28.4. The number of hydrogen-bond acceptors (Lipinski definition) is 6. The SMILES string of the molecule is CCCCCN(CCCCC)C(=O)[C@@H](CCCC)NC(=O)OC(C)(C)C.CCCC[C@@H](NC(=O)OC(C)(C)C)C(=O)O. The fraction of sp³-hybridized carbons (Fsp3) is 0.875. The van der Waals surface area contributed by atoms with Gasteiger partial charge in [-0.05, 0) is 67.2 Å². The molecule has 0 unspecified atom stereocenters. The number of rotatable bonds is 18. The lowest BCUT2D eigenvalue weighted by atomic mass is 10.1. The third-order valence-corrected chi connectivity index (χ3v) is 6.05. The molecule has 0 saturated carbocycles. The molecular weight excluding hydrogens is 538 g/mol. The number of carbonyl (C=O) groups excluding carboxylic acids is 3. The predicted octanol–water partition coefficient (Wildman–Crippen LogP) is 7.43. The number of ether oxygens (including phenoxy) is 2. The Morgan fingerprint density at radius 2 is 0.976 bits per heavy atom. The summed E-state index contributed by atoms with van der Waals surface area (Å²) in [5, 5.41) is 14.0. The van der Waals surface area contributed by atoms with Gasteiger partial charge in [-0.2, -0.15) is 0 Å². The minimum Gasteiger partial charge on any atom is -0.480 e. The molecule has 2 atom stereocenters. The zero-order valence-corrected chi connectivity index (χ0v) is 28.4. The lowest BCUT2D eigenvalue weighted by Gasteiger charge is -2.29. The average Bonchev–Trinajstić information content (AvgIpc) is 2.86. The van der Waals surface area contributed by atoms with Gasteiger partial charge in [0.25, 0.3) is 0 Å². The maximum absolute atomic E-state index is 13.1. The van der Waals surface area contributed by atoms with Crippen molar-refractivity contribution in [2.75, 3.05) is 13.1 Å². The molecule has 0 aliphatic rings. The molecule has 0 saturated heterocycles. The van der Waals surface area contributed by atoms with Crippen molar-refractivity contribution in [2.45, 2.75) is 170 Å². The first-order valence-electron chi connectivity index (χ1n) is 16.0. The number of alkyl carbamates (subject to hydrolysis) is 2. The maximum atomic E-state index is 13.1. The highest BCUT2D eigenvalue weighted by Crippen LogP contribution is 2.12. The van der Waals surface area contributed by atoms with Gasteiger partial charge in [-0.25, -0.2) is 14.4 Å². The Morgan fingerprint density at radius 1 is 0.619 bits per heavy atom. The molecular formula is C32H63N3O7. The number of carboxylic acid groups (broad SMARTS) is 1. The molecule has 0 heterocycles. The molecule has 0 rings (SSSR count). The molecule has 0 bridgehead atoms. The van der Waals surface area contributed by atoms with Crippen LogP contribution in [-0.2, 0) is 19.1 Å². The molecule has 0 aromatic carbocycles. The van der Waals surface area contributed by atoms with E-state index in [2.05, 4.69) is 31.4 Å². The smallest absolute Gasteiger partial charge is 0.408 e. The lowest BCUT2D eigenvalue weighted by molar-refractivity contribution is -0.139. The molecule has 10 nitrogen and oxygen atoms in total. The van der Waals surface area contributed by atoms with Gasteiger partial charge in [0.1, 0.15) is 23.3 Å². The Labute approximate surface area is 256 Å². The largest absolute Gasteiger partial charge is 0.480 e. The number of carboxylic acids is 1. The highest BCUT2D eigenvalue weighted by atomic mass is 16.6. The Morgan fingerprint density at radius 3 is 1.31 bits per heavy atom. The summed E-state index contributed by atoms with van der Waals surface area (Å²) in [6, 6.07) is -1.36. The normalized spacial score (nSPS) is 12.7. The summed E-state index contributed by atoms with van der Waals surface area (Å²) in [5.74, 6) is -0.990. The van der Waals surface area contributed by atoms with Crippen molar-refractivity contribution in [3.63, 3.8) is 0 Å². The third-order valence-electron chi connectivity index (χ3n) is 6.05. The van der Waals surface area contributed by atoms with Crippen LogP contribution in [0.4, 0.5) is 9.59 Å². The van der Waals surface area contributed by atoms with E-state index >= 15 is 0 Å². The number of nitrogens with zero attached hydrogens (tertiary/aromatic N) is 1. The fourth-order valence-corrected chi connectivity index (χ4v) is 3.89. The van der Waals surface area contributed by atoms with Gasteiger partial charge >= 0.3 is 18.2 Å². The van der Waals surface area contributed by atoms with Crippen molar-refractivity contribution in [1.29, 1.82) is 0 Å². The zero-order chi connectivity index (χ0) is 32.8.